The van der Waals surface area contributed by atoms with Gasteiger partial charge in [0.05, 0.1) is 13.7 Å². The number of rotatable bonds is 10. The molecule has 0 aliphatic heterocycles. The number of hydrogen-bond donors (Lipinski definition) is 2. The van der Waals surface area contributed by atoms with Gasteiger partial charge in [0, 0.05) is 19.2 Å². The number of ether oxygens (including phenoxy) is 2. The Balaban J connectivity index is 0.00000301. The monoisotopic (exact) mass is 361 g/mol. The zero-order valence-electron chi connectivity index (χ0n) is 16.2. The van der Waals surface area contributed by atoms with Gasteiger partial charge in [-0.15, -0.1) is 0 Å². The highest BCUT2D eigenvalue weighted by Gasteiger charge is 2.13. The van der Waals surface area contributed by atoms with Crippen LogP contribution >= 0.6 is 0 Å². The molecule has 0 amide bonds. The number of carbonyl (C=O) groups excluding carboxylic acids is 1. The van der Waals surface area contributed by atoms with E-state index in [9.17, 15) is 4.79 Å². The quantitative estimate of drug-likeness (QED) is 0.494. The number of benzene rings is 1. The Morgan fingerprint density at radius 2 is 1.96 bits per heavy atom. The highest BCUT2D eigenvalue weighted by molar-refractivity contribution is 5.95. The molecule has 3 N–H and O–H groups in total. The van der Waals surface area contributed by atoms with Crippen LogP contribution in [0.5, 0.6) is 5.75 Å². The number of allylic oxidation sites excluding steroid dienone is 1. The van der Waals surface area contributed by atoms with Crippen LogP contribution in [0.3, 0.4) is 0 Å². The van der Waals surface area contributed by atoms with Crippen LogP contribution in [0.4, 0.5) is 0 Å². The van der Waals surface area contributed by atoms with Crippen molar-refractivity contribution in [3.05, 3.63) is 54.9 Å². The van der Waals surface area contributed by atoms with E-state index in [1.54, 1.807) is 13.1 Å². The Kier molecular flexibility index (Phi) is 12.3. The lowest BCUT2D eigenvalue weighted by Gasteiger charge is -2.10. The van der Waals surface area contributed by atoms with Crippen LogP contribution in [0.15, 0.2) is 54.3 Å². The minimum absolute atomic E-state index is 0.422. The molecule has 26 heavy (non-hydrogen) atoms. The first-order chi connectivity index (χ1) is 12.5. The van der Waals surface area contributed by atoms with Crippen molar-refractivity contribution in [2.75, 3.05) is 20.8 Å². The van der Waals surface area contributed by atoms with E-state index in [1.165, 1.54) is 7.11 Å². The van der Waals surface area contributed by atoms with Crippen LogP contribution in [0.2, 0.25) is 0 Å². The summed E-state index contributed by atoms with van der Waals surface area (Å²) in [5.74, 6) is 0.896. The molecule has 0 fully saturated rings. The first kappa shape index (κ1) is 23.4. The number of hydrogen-bond acceptors (Lipinski definition) is 6. The van der Waals surface area contributed by atoms with Crippen LogP contribution in [0.1, 0.15) is 25.8 Å². The summed E-state index contributed by atoms with van der Waals surface area (Å²) in [6.45, 7) is 12.0. The maximum atomic E-state index is 11.3. The van der Waals surface area contributed by atoms with Gasteiger partial charge in [-0.3, -0.25) is 4.79 Å². The molecular weight excluding hydrogens is 330 g/mol. The van der Waals surface area contributed by atoms with Crippen LogP contribution < -0.4 is 15.8 Å². The van der Waals surface area contributed by atoms with Gasteiger partial charge in [0.1, 0.15) is 17.6 Å². The average Bonchev–Trinajstić information content (AvgIpc) is 2.69. The van der Waals surface area contributed by atoms with Gasteiger partial charge in [-0.25, -0.2) is 4.99 Å². The largest absolute Gasteiger partial charge is 0.493 e. The second-order valence-electron chi connectivity index (χ2n) is 5.08. The summed E-state index contributed by atoms with van der Waals surface area (Å²) in [6.07, 6.45) is 2.73. The van der Waals surface area contributed by atoms with E-state index < -0.39 is 12.0 Å². The molecule has 0 aromatic heterocycles. The number of nitrogens with two attached hydrogens (primary N) is 1. The van der Waals surface area contributed by atoms with Gasteiger partial charge in [-0.05, 0) is 30.2 Å². The Labute approximate surface area is 156 Å². The molecule has 6 heteroatoms. The standard InChI is InChI=1S/C18H25N3O3.C2H6/c1-5-15(21-13(2)20-3)10-11-24-16-8-6-14(7-9-16)12-17(19)18(22)23-4;1-2/h5-9,17,20H,1-2,10-12,19H2,3-4H3;1-2H3/b21-15+;. The van der Waals surface area contributed by atoms with Crippen molar-refractivity contribution in [2.24, 2.45) is 10.7 Å². The third-order valence-corrected chi connectivity index (χ3v) is 3.31. The normalized spacial score (nSPS) is 11.5. The maximum Gasteiger partial charge on any atom is 0.322 e. The van der Waals surface area contributed by atoms with Gasteiger partial charge >= 0.3 is 5.97 Å². The molecule has 0 saturated heterocycles. The molecule has 1 aromatic carbocycles. The first-order valence-corrected chi connectivity index (χ1v) is 8.62. The van der Waals surface area contributed by atoms with E-state index in [2.05, 4.69) is 28.2 Å². The molecule has 0 heterocycles. The third-order valence-electron chi connectivity index (χ3n) is 3.31. The minimum Gasteiger partial charge on any atom is -0.493 e. The van der Waals surface area contributed by atoms with Crippen LogP contribution in [0.25, 0.3) is 0 Å². The van der Waals surface area contributed by atoms with Crippen molar-refractivity contribution in [3.63, 3.8) is 0 Å². The fourth-order valence-electron chi connectivity index (χ4n) is 1.92. The smallest absolute Gasteiger partial charge is 0.322 e. The van der Waals surface area contributed by atoms with Gasteiger partial charge in [0.2, 0.25) is 0 Å². The van der Waals surface area contributed by atoms with E-state index in [4.69, 9.17) is 10.5 Å². The highest BCUT2D eigenvalue weighted by atomic mass is 16.5. The van der Waals surface area contributed by atoms with E-state index in [-0.39, 0.29) is 0 Å². The Hall–Kier alpha value is -2.60. The maximum absolute atomic E-state index is 11.3. The second kappa shape index (κ2) is 13.7. The first-order valence-electron chi connectivity index (χ1n) is 8.62. The van der Waals surface area contributed by atoms with Crippen molar-refractivity contribution >= 4 is 11.7 Å². The van der Waals surface area contributed by atoms with Crippen LogP contribution in [0, 0.1) is 0 Å². The Morgan fingerprint density at radius 3 is 2.46 bits per heavy atom. The Morgan fingerprint density at radius 1 is 1.35 bits per heavy atom. The second-order valence-corrected chi connectivity index (χ2v) is 5.08. The molecule has 1 atom stereocenters. The lowest BCUT2D eigenvalue weighted by atomic mass is 10.1. The zero-order valence-corrected chi connectivity index (χ0v) is 16.2. The molecule has 0 saturated carbocycles. The van der Waals surface area contributed by atoms with Crippen molar-refractivity contribution in [1.29, 1.82) is 0 Å². The van der Waals surface area contributed by atoms with Crippen LogP contribution in [-0.2, 0) is 16.0 Å². The van der Waals surface area contributed by atoms with Gasteiger partial charge in [0.15, 0.2) is 0 Å². The molecule has 144 valence electrons. The predicted octanol–water partition coefficient (Wildman–Crippen LogP) is 2.84. The molecule has 0 aliphatic rings. The summed E-state index contributed by atoms with van der Waals surface area (Å²) in [5, 5.41) is 2.86. The average molecular weight is 361 g/mol. The zero-order chi connectivity index (χ0) is 19.9. The SMILES string of the molecule is C=C/C(CCOc1ccc(CC(N)C(=O)OC)cc1)=N\C(=C)NC.CC. The molecule has 0 spiro atoms. The van der Waals surface area contributed by atoms with Crippen molar-refractivity contribution in [3.8, 4) is 5.75 Å². The number of nitrogens with one attached hydrogen (secondary N) is 1. The number of esters is 1. The van der Waals surface area contributed by atoms with Gasteiger partial charge in [-0.1, -0.05) is 39.1 Å². The minimum atomic E-state index is -0.659. The fourth-order valence-corrected chi connectivity index (χ4v) is 1.92. The van der Waals surface area contributed by atoms with Gasteiger partial charge in [0.25, 0.3) is 0 Å². The third kappa shape index (κ3) is 9.03. The summed E-state index contributed by atoms with van der Waals surface area (Å²) in [5.41, 5.74) is 7.48. The number of aliphatic imine (C=N–C) groups is 1. The van der Waals surface area contributed by atoms with Crippen molar-refractivity contribution in [1.82, 2.24) is 5.32 Å². The van der Waals surface area contributed by atoms with Crippen molar-refractivity contribution in [2.45, 2.75) is 32.7 Å². The lowest BCUT2D eigenvalue weighted by molar-refractivity contribution is -0.142. The number of methoxy groups -OCH3 is 1. The van der Waals surface area contributed by atoms with Crippen molar-refractivity contribution < 1.29 is 14.3 Å². The van der Waals surface area contributed by atoms with Gasteiger partial charge in [-0.2, -0.15) is 0 Å². The molecule has 0 radical (unpaired) electrons. The molecule has 1 unspecified atom stereocenters. The van der Waals surface area contributed by atoms with E-state index in [0.717, 1.165) is 17.0 Å². The number of carbonyl (C=O) groups is 1. The fraction of sp³-hybridized carbons (Fsp3) is 0.400. The topological polar surface area (TPSA) is 85.9 Å². The molecular formula is C20H31N3O3. The lowest BCUT2D eigenvalue weighted by Crippen LogP contribution is -2.33. The molecule has 1 aromatic rings. The summed E-state index contributed by atoms with van der Waals surface area (Å²) in [4.78, 5) is 15.6. The summed E-state index contributed by atoms with van der Waals surface area (Å²) < 4.78 is 10.3. The predicted molar refractivity (Wildman–Crippen MR) is 107 cm³/mol. The summed E-state index contributed by atoms with van der Waals surface area (Å²) in [7, 11) is 3.09. The highest BCUT2D eigenvalue weighted by Crippen LogP contribution is 2.14. The molecule has 0 bridgehead atoms. The van der Waals surface area contributed by atoms with E-state index >= 15 is 0 Å². The van der Waals surface area contributed by atoms with Crippen LogP contribution in [-0.4, -0.2) is 38.5 Å². The molecule has 6 nitrogen and oxygen atoms in total. The van der Waals surface area contributed by atoms with E-state index in [0.29, 0.717) is 25.3 Å². The van der Waals surface area contributed by atoms with E-state index in [1.807, 2.05) is 38.1 Å². The number of nitrogens with zero attached hydrogens (tertiary/aromatic N) is 1. The summed E-state index contributed by atoms with van der Waals surface area (Å²) >= 11 is 0. The molecule has 0 aliphatic carbocycles. The van der Waals surface area contributed by atoms with Gasteiger partial charge < -0.3 is 20.5 Å². The molecule has 1 rings (SSSR count). The summed E-state index contributed by atoms with van der Waals surface area (Å²) in [6, 6.07) is 6.79. The Bertz CT molecular complexity index is 595.